The zero-order chi connectivity index (χ0) is 19.7. The zero-order valence-corrected chi connectivity index (χ0v) is 16.4. The van der Waals surface area contributed by atoms with Crippen molar-refractivity contribution in [2.24, 2.45) is 0 Å². The number of imidazole rings is 1. The molecular formula is C21H25FN4O. The summed E-state index contributed by atoms with van der Waals surface area (Å²) in [5.74, 6) is 0.829. The van der Waals surface area contributed by atoms with E-state index < -0.39 is 0 Å². The molecule has 0 bridgehead atoms. The fraction of sp³-hybridized carbons (Fsp3) is 0.381. The SMILES string of the molecule is Cc1cn([C@@H](C)C(=O)Cc2cnn(-c3ccc(F)cc3)c2C(C)C)c(C)n1. The fourth-order valence-corrected chi connectivity index (χ4v) is 3.45. The van der Waals surface area contributed by atoms with E-state index in [1.54, 1.807) is 23.0 Å². The van der Waals surface area contributed by atoms with Crippen LogP contribution in [-0.2, 0) is 11.2 Å². The van der Waals surface area contributed by atoms with Crippen LogP contribution in [0.3, 0.4) is 0 Å². The molecule has 2 heterocycles. The van der Waals surface area contributed by atoms with Gasteiger partial charge in [-0.3, -0.25) is 4.79 Å². The topological polar surface area (TPSA) is 52.7 Å². The number of carbonyl (C=O) groups excluding carboxylic acids is 1. The number of Topliss-reactive ketones (excluding diaryl/α,β-unsaturated/α-hetero) is 1. The van der Waals surface area contributed by atoms with Crippen LogP contribution in [0.15, 0.2) is 36.7 Å². The number of ketones is 1. The molecule has 1 atom stereocenters. The van der Waals surface area contributed by atoms with Crippen molar-refractivity contribution in [1.82, 2.24) is 19.3 Å². The molecule has 0 amide bonds. The highest BCUT2D eigenvalue weighted by Gasteiger charge is 2.22. The summed E-state index contributed by atoms with van der Waals surface area (Å²) < 4.78 is 17.0. The molecule has 3 rings (SSSR count). The maximum absolute atomic E-state index is 13.2. The van der Waals surface area contributed by atoms with E-state index in [1.165, 1.54) is 12.1 Å². The van der Waals surface area contributed by atoms with Gasteiger partial charge in [0.2, 0.25) is 0 Å². The molecule has 0 aliphatic rings. The summed E-state index contributed by atoms with van der Waals surface area (Å²) in [7, 11) is 0. The van der Waals surface area contributed by atoms with E-state index in [0.29, 0.717) is 6.42 Å². The minimum absolute atomic E-state index is 0.107. The number of aryl methyl sites for hydroxylation is 2. The van der Waals surface area contributed by atoms with Gasteiger partial charge in [0.05, 0.1) is 29.3 Å². The van der Waals surface area contributed by atoms with E-state index in [0.717, 1.165) is 28.5 Å². The van der Waals surface area contributed by atoms with Crippen molar-refractivity contribution in [3.8, 4) is 5.69 Å². The summed E-state index contributed by atoms with van der Waals surface area (Å²) in [4.78, 5) is 17.3. The summed E-state index contributed by atoms with van der Waals surface area (Å²) in [5.41, 5.74) is 3.56. The standard InChI is InChI=1S/C21H25FN4O/c1-13(2)21-17(11-23-26(21)19-8-6-18(22)7-9-19)10-20(27)15(4)25-12-14(3)24-16(25)5/h6-9,11-13,15H,10H2,1-5H3/t15-/m0/s1. The Balaban J connectivity index is 1.89. The molecule has 0 saturated heterocycles. The van der Waals surface area contributed by atoms with Crippen molar-refractivity contribution in [3.05, 3.63) is 65.3 Å². The lowest BCUT2D eigenvalue weighted by molar-refractivity contribution is -0.121. The summed E-state index contributed by atoms with van der Waals surface area (Å²) >= 11 is 0. The molecule has 0 unspecified atom stereocenters. The van der Waals surface area contributed by atoms with Crippen molar-refractivity contribution in [3.63, 3.8) is 0 Å². The van der Waals surface area contributed by atoms with Gasteiger partial charge < -0.3 is 4.57 Å². The molecule has 2 aromatic heterocycles. The molecule has 0 spiro atoms. The fourth-order valence-electron chi connectivity index (χ4n) is 3.45. The average molecular weight is 368 g/mol. The average Bonchev–Trinajstić information content (AvgIpc) is 3.17. The molecule has 0 N–H and O–H groups in total. The monoisotopic (exact) mass is 368 g/mol. The van der Waals surface area contributed by atoms with Crippen molar-refractivity contribution in [2.75, 3.05) is 0 Å². The molecule has 27 heavy (non-hydrogen) atoms. The van der Waals surface area contributed by atoms with Gasteiger partial charge >= 0.3 is 0 Å². The summed E-state index contributed by atoms with van der Waals surface area (Å²) in [5, 5.41) is 4.47. The molecule has 142 valence electrons. The lowest BCUT2D eigenvalue weighted by atomic mass is 9.99. The summed E-state index contributed by atoms with van der Waals surface area (Å²) in [6, 6.07) is 5.93. The first-order valence-corrected chi connectivity index (χ1v) is 9.15. The predicted molar refractivity (Wildman–Crippen MR) is 103 cm³/mol. The number of hydrogen-bond acceptors (Lipinski definition) is 3. The quantitative estimate of drug-likeness (QED) is 0.651. The Labute approximate surface area is 158 Å². The molecule has 1 aromatic carbocycles. The van der Waals surface area contributed by atoms with Crippen LogP contribution in [0, 0.1) is 19.7 Å². The van der Waals surface area contributed by atoms with Gasteiger partial charge in [0, 0.05) is 18.2 Å². The van der Waals surface area contributed by atoms with Gasteiger partial charge in [-0.25, -0.2) is 14.1 Å². The van der Waals surface area contributed by atoms with E-state index in [-0.39, 0.29) is 23.6 Å². The third kappa shape index (κ3) is 3.84. The van der Waals surface area contributed by atoms with E-state index in [2.05, 4.69) is 23.9 Å². The first kappa shape index (κ1) is 19.0. The Morgan fingerprint density at radius 2 is 1.81 bits per heavy atom. The smallest absolute Gasteiger partial charge is 0.159 e. The zero-order valence-electron chi connectivity index (χ0n) is 16.4. The highest BCUT2D eigenvalue weighted by atomic mass is 19.1. The van der Waals surface area contributed by atoms with Gasteiger partial charge in [-0.1, -0.05) is 13.8 Å². The lowest BCUT2D eigenvalue weighted by Gasteiger charge is -2.16. The molecule has 0 aliphatic heterocycles. The molecule has 5 nitrogen and oxygen atoms in total. The van der Waals surface area contributed by atoms with Crippen molar-refractivity contribution >= 4 is 5.78 Å². The van der Waals surface area contributed by atoms with Crippen LogP contribution in [0.1, 0.15) is 55.5 Å². The third-order valence-corrected chi connectivity index (χ3v) is 4.79. The maximum atomic E-state index is 13.2. The second-order valence-corrected chi connectivity index (χ2v) is 7.25. The number of nitrogens with zero attached hydrogens (tertiary/aromatic N) is 4. The Morgan fingerprint density at radius 1 is 1.15 bits per heavy atom. The molecule has 0 saturated carbocycles. The van der Waals surface area contributed by atoms with E-state index in [4.69, 9.17) is 0 Å². The largest absolute Gasteiger partial charge is 0.325 e. The normalized spacial score (nSPS) is 12.6. The predicted octanol–water partition coefficient (Wildman–Crippen LogP) is 4.32. The van der Waals surface area contributed by atoms with Crippen molar-refractivity contribution in [2.45, 2.75) is 53.0 Å². The minimum Gasteiger partial charge on any atom is -0.325 e. The lowest BCUT2D eigenvalue weighted by Crippen LogP contribution is -2.19. The summed E-state index contributed by atoms with van der Waals surface area (Å²) in [6.07, 6.45) is 3.95. The van der Waals surface area contributed by atoms with Crippen LogP contribution in [0.4, 0.5) is 4.39 Å². The van der Waals surface area contributed by atoms with E-state index in [1.807, 2.05) is 31.5 Å². The number of aromatic nitrogens is 4. The Hall–Kier alpha value is -2.76. The highest BCUT2D eigenvalue weighted by Crippen LogP contribution is 2.25. The van der Waals surface area contributed by atoms with Crippen LogP contribution in [-0.4, -0.2) is 25.1 Å². The first-order chi connectivity index (χ1) is 12.8. The van der Waals surface area contributed by atoms with Gasteiger partial charge in [-0.05, 0) is 51.0 Å². The number of hydrogen-bond donors (Lipinski definition) is 0. The number of rotatable bonds is 6. The van der Waals surface area contributed by atoms with Gasteiger partial charge in [0.25, 0.3) is 0 Å². The molecule has 0 aliphatic carbocycles. The Kier molecular flexibility index (Phi) is 5.26. The number of halogens is 1. The molecular weight excluding hydrogens is 343 g/mol. The molecule has 0 fully saturated rings. The van der Waals surface area contributed by atoms with Crippen LogP contribution in [0.25, 0.3) is 5.69 Å². The Morgan fingerprint density at radius 3 is 2.37 bits per heavy atom. The second kappa shape index (κ2) is 7.47. The van der Waals surface area contributed by atoms with Crippen LogP contribution >= 0.6 is 0 Å². The molecule has 0 radical (unpaired) electrons. The van der Waals surface area contributed by atoms with E-state index in [9.17, 15) is 9.18 Å². The highest BCUT2D eigenvalue weighted by molar-refractivity contribution is 5.84. The molecule has 3 aromatic rings. The van der Waals surface area contributed by atoms with Gasteiger partial charge in [0.1, 0.15) is 11.6 Å². The maximum Gasteiger partial charge on any atom is 0.159 e. The van der Waals surface area contributed by atoms with Gasteiger partial charge in [-0.15, -0.1) is 0 Å². The van der Waals surface area contributed by atoms with Crippen LogP contribution in [0.5, 0.6) is 0 Å². The Bertz CT molecular complexity index is 953. The van der Waals surface area contributed by atoms with Crippen molar-refractivity contribution < 1.29 is 9.18 Å². The second-order valence-electron chi connectivity index (χ2n) is 7.25. The molecule has 6 heteroatoms. The van der Waals surface area contributed by atoms with E-state index >= 15 is 0 Å². The number of carbonyl (C=O) groups is 1. The van der Waals surface area contributed by atoms with Gasteiger partial charge in [0.15, 0.2) is 5.78 Å². The van der Waals surface area contributed by atoms with Crippen molar-refractivity contribution in [1.29, 1.82) is 0 Å². The van der Waals surface area contributed by atoms with Crippen LogP contribution < -0.4 is 0 Å². The summed E-state index contributed by atoms with van der Waals surface area (Å²) in [6.45, 7) is 9.86. The van der Waals surface area contributed by atoms with Crippen LogP contribution in [0.2, 0.25) is 0 Å². The van der Waals surface area contributed by atoms with Gasteiger partial charge in [-0.2, -0.15) is 5.10 Å². The third-order valence-electron chi connectivity index (χ3n) is 4.79. The first-order valence-electron chi connectivity index (χ1n) is 9.15. The number of benzene rings is 1. The minimum atomic E-state index is -0.291.